The molecule has 11 heteroatoms. The first-order chi connectivity index (χ1) is 18.5. The maximum absolute atomic E-state index is 13.5. The van der Waals surface area contributed by atoms with Crippen molar-refractivity contribution in [3.63, 3.8) is 0 Å². The molecule has 0 aliphatic heterocycles. The summed E-state index contributed by atoms with van der Waals surface area (Å²) < 4.78 is 8.47. The molecule has 0 saturated carbocycles. The molecule has 0 bridgehead atoms. The molecular formula is C28H36ClN5O5. The van der Waals surface area contributed by atoms with Gasteiger partial charge in [-0.2, -0.15) is 0 Å². The summed E-state index contributed by atoms with van der Waals surface area (Å²) in [6, 6.07) is 13.9. The maximum atomic E-state index is 13.5. The molecule has 10 nitrogen and oxygen atoms in total. The van der Waals surface area contributed by atoms with Crippen molar-refractivity contribution in [1.82, 2.24) is 19.6 Å². The van der Waals surface area contributed by atoms with Crippen LogP contribution in [0.1, 0.15) is 36.3 Å². The summed E-state index contributed by atoms with van der Waals surface area (Å²) in [5, 5.41) is 15.4. The Bertz CT molecular complexity index is 1370. The predicted octanol–water partition coefficient (Wildman–Crippen LogP) is 3.05. The largest absolute Gasteiger partial charge is 0.496 e. The molecule has 3 rings (SSSR count). The lowest BCUT2D eigenvalue weighted by atomic mass is 9.88. The van der Waals surface area contributed by atoms with E-state index in [1.54, 1.807) is 23.9 Å². The monoisotopic (exact) mass is 557 g/mol. The molecule has 39 heavy (non-hydrogen) atoms. The number of hydrogen-bond donors (Lipinski definition) is 3. The molecule has 0 spiro atoms. The highest BCUT2D eigenvalue weighted by atomic mass is 35.5. The van der Waals surface area contributed by atoms with E-state index in [1.165, 1.54) is 17.9 Å². The van der Waals surface area contributed by atoms with Crippen molar-refractivity contribution in [2.45, 2.75) is 26.8 Å². The second-order valence-corrected chi connectivity index (χ2v) is 10.6. The average molecular weight is 558 g/mol. The molecule has 0 radical (unpaired) electrons. The van der Waals surface area contributed by atoms with Crippen LogP contribution in [0.4, 0.5) is 5.69 Å². The van der Waals surface area contributed by atoms with E-state index in [1.807, 2.05) is 56.1 Å². The number of rotatable bonds is 12. The fraction of sp³-hybridized carbons (Fsp3) is 0.393. The zero-order valence-electron chi connectivity index (χ0n) is 23.0. The Labute approximate surface area is 233 Å². The first-order valence-corrected chi connectivity index (χ1v) is 12.9. The number of carbonyl (C=O) groups excluding carboxylic acids is 2. The van der Waals surface area contributed by atoms with Crippen LogP contribution < -0.4 is 20.9 Å². The van der Waals surface area contributed by atoms with Crippen LogP contribution in [0.5, 0.6) is 5.75 Å². The van der Waals surface area contributed by atoms with Crippen molar-refractivity contribution in [2.24, 2.45) is 12.5 Å². The Morgan fingerprint density at radius 1 is 1.15 bits per heavy atom. The predicted molar refractivity (Wildman–Crippen MR) is 152 cm³/mol. The molecule has 3 aromatic rings. The Kier molecular flexibility index (Phi) is 9.96. The molecule has 2 aromatic carbocycles. The van der Waals surface area contributed by atoms with Crippen LogP contribution >= 0.6 is 11.6 Å². The highest BCUT2D eigenvalue weighted by Crippen LogP contribution is 2.25. The van der Waals surface area contributed by atoms with E-state index in [0.29, 0.717) is 40.8 Å². The van der Waals surface area contributed by atoms with Gasteiger partial charge in [0, 0.05) is 38.1 Å². The number of aliphatic hydroxyl groups excluding tert-OH is 1. The molecule has 0 aliphatic carbocycles. The number of nitrogens with zero attached hydrogens (tertiary/aromatic N) is 3. The SMILES string of the molecule is COc1ccc(Cl)cc1C(=O)NCC(C)(C)CC(=O)Nc1c(CN(C)CCO)n(C)n(-c2ccccc2)c1=O. The van der Waals surface area contributed by atoms with Crippen molar-refractivity contribution >= 4 is 29.1 Å². The van der Waals surface area contributed by atoms with Crippen LogP contribution in [-0.4, -0.2) is 65.0 Å². The van der Waals surface area contributed by atoms with E-state index in [9.17, 15) is 19.5 Å². The van der Waals surface area contributed by atoms with Gasteiger partial charge in [-0.1, -0.05) is 43.6 Å². The molecule has 0 saturated heterocycles. The van der Waals surface area contributed by atoms with Crippen LogP contribution in [-0.2, 0) is 18.4 Å². The highest BCUT2D eigenvalue weighted by molar-refractivity contribution is 6.31. The third-order valence-electron chi connectivity index (χ3n) is 6.32. The Hall–Kier alpha value is -3.60. The Morgan fingerprint density at radius 3 is 2.49 bits per heavy atom. The van der Waals surface area contributed by atoms with Gasteiger partial charge in [0.15, 0.2) is 0 Å². The lowest BCUT2D eigenvalue weighted by molar-refractivity contribution is -0.118. The number of benzene rings is 2. The van der Waals surface area contributed by atoms with Gasteiger partial charge in [-0.15, -0.1) is 0 Å². The number of para-hydroxylation sites is 1. The van der Waals surface area contributed by atoms with Crippen LogP contribution in [0.25, 0.3) is 5.69 Å². The number of halogens is 1. The summed E-state index contributed by atoms with van der Waals surface area (Å²) in [7, 11) is 5.06. The number of methoxy groups -OCH3 is 1. The molecule has 0 fully saturated rings. The molecule has 0 atom stereocenters. The van der Waals surface area contributed by atoms with Gasteiger partial charge < -0.3 is 20.5 Å². The third-order valence-corrected chi connectivity index (χ3v) is 6.56. The van der Waals surface area contributed by atoms with E-state index in [0.717, 1.165) is 0 Å². The molecule has 2 amide bonds. The standard InChI is InChI=1S/C28H36ClN5O5/c1-28(2,18-30-26(37)21-15-19(29)11-12-23(21)39-5)16-24(36)31-25-22(17-32(3)13-14-35)33(4)34(27(25)38)20-9-7-6-8-10-20/h6-12,15,35H,13-14,16-18H2,1-5H3,(H,30,37)(H,31,36). The van der Waals surface area contributed by atoms with Crippen LogP contribution in [0.2, 0.25) is 5.02 Å². The van der Waals surface area contributed by atoms with Gasteiger partial charge in [0.2, 0.25) is 5.91 Å². The number of ether oxygens (including phenoxy) is 1. The number of aliphatic hydroxyl groups is 1. The van der Waals surface area contributed by atoms with Gasteiger partial charge in [0.25, 0.3) is 11.5 Å². The van der Waals surface area contributed by atoms with Crippen LogP contribution in [0, 0.1) is 5.41 Å². The number of carbonyl (C=O) groups is 2. The zero-order chi connectivity index (χ0) is 28.7. The van der Waals surface area contributed by atoms with Crippen LogP contribution in [0.3, 0.4) is 0 Å². The molecule has 1 aromatic heterocycles. The number of aromatic nitrogens is 2. The van der Waals surface area contributed by atoms with Gasteiger partial charge >= 0.3 is 0 Å². The normalized spacial score (nSPS) is 11.5. The summed E-state index contributed by atoms with van der Waals surface area (Å²) >= 11 is 6.05. The van der Waals surface area contributed by atoms with Crippen molar-refractivity contribution < 1.29 is 19.4 Å². The molecule has 0 unspecified atom stereocenters. The summed E-state index contributed by atoms with van der Waals surface area (Å²) in [6.45, 7) is 4.61. The number of nitrogens with one attached hydrogen (secondary N) is 2. The van der Waals surface area contributed by atoms with Crippen molar-refractivity contribution in [1.29, 1.82) is 0 Å². The Morgan fingerprint density at radius 2 is 1.85 bits per heavy atom. The fourth-order valence-electron chi connectivity index (χ4n) is 4.27. The number of anilines is 1. The van der Waals surface area contributed by atoms with E-state index < -0.39 is 5.41 Å². The molecule has 3 N–H and O–H groups in total. The second kappa shape index (κ2) is 13.0. The van der Waals surface area contributed by atoms with E-state index in [4.69, 9.17) is 16.3 Å². The van der Waals surface area contributed by atoms with E-state index >= 15 is 0 Å². The third kappa shape index (κ3) is 7.50. The fourth-order valence-corrected chi connectivity index (χ4v) is 4.45. The van der Waals surface area contributed by atoms with Crippen molar-refractivity contribution in [3.05, 3.63) is 75.2 Å². The summed E-state index contributed by atoms with van der Waals surface area (Å²) in [6.07, 6.45) is 0.0472. The quantitative estimate of drug-likeness (QED) is 0.315. The summed E-state index contributed by atoms with van der Waals surface area (Å²) in [5.41, 5.74) is 0.756. The summed E-state index contributed by atoms with van der Waals surface area (Å²) in [4.78, 5) is 41.3. The minimum atomic E-state index is -0.632. The first-order valence-electron chi connectivity index (χ1n) is 12.5. The summed E-state index contributed by atoms with van der Waals surface area (Å²) in [5.74, 6) is -0.334. The lowest BCUT2D eigenvalue weighted by Gasteiger charge is -2.24. The van der Waals surface area contributed by atoms with E-state index in [-0.39, 0.29) is 42.6 Å². The minimum absolute atomic E-state index is 0.0352. The van der Waals surface area contributed by atoms with Gasteiger partial charge in [-0.3, -0.25) is 24.0 Å². The smallest absolute Gasteiger partial charge is 0.295 e. The van der Waals surface area contributed by atoms with Gasteiger partial charge in [0.1, 0.15) is 11.4 Å². The maximum Gasteiger partial charge on any atom is 0.295 e. The van der Waals surface area contributed by atoms with E-state index in [2.05, 4.69) is 10.6 Å². The molecule has 210 valence electrons. The van der Waals surface area contributed by atoms with Crippen molar-refractivity contribution in [2.75, 3.05) is 39.2 Å². The van der Waals surface area contributed by atoms with Gasteiger partial charge in [0.05, 0.1) is 30.7 Å². The number of hydrogen-bond acceptors (Lipinski definition) is 6. The molecule has 0 aliphatic rings. The zero-order valence-corrected chi connectivity index (χ0v) is 23.7. The molecule has 1 heterocycles. The van der Waals surface area contributed by atoms with Crippen LogP contribution in [0.15, 0.2) is 53.3 Å². The average Bonchev–Trinajstić information content (AvgIpc) is 3.11. The number of amides is 2. The first kappa shape index (κ1) is 29.9. The topological polar surface area (TPSA) is 118 Å². The molecular weight excluding hydrogens is 522 g/mol. The van der Waals surface area contributed by atoms with Crippen molar-refractivity contribution in [3.8, 4) is 11.4 Å². The van der Waals surface area contributed by atoms with Gasteiger partial charge in [-0.05, 0) is 42.8 Å². The van der Waals surface area contributed by atoms with Gasteiger partial charge in [-0.25, -0.2) is 4.68 Å². The second-order valence-electron chi connectivity index (χ2n) is 10.2. The minimum Gasteiger partial charge on any atom is -0.496 e. The lowest BCUT2D eigenvalue weighted by Crippen LogP contribution is -2.37. The Balaban J connectivity index is 1.79. The highest BCUT2D eigenvalue weighted by Gasteiger charge is 2.27. The number of likely N-dealkylation sites (N-methyl/N-ethyl adjacent to an activating group) is 1.